The van der Waals surface area contributed by atoms with E-state index in [1.165, 1.54) is 4.90 Å². The number of nitrogens with zero attached hydrogens (tertiary/aromatic N) is 4. The van der Waals surface area contributed by atoms with Crippen molar-refractivity contribution in [3.63, 3.8) is 0 Å². The second-order valence-corrected chi connectivity index (χ2v) is 10.7. The molecule has 15 nitrogen and oxygen atoms in total. The molecule has 0 radical (unpaired) electrons. The first-order valence-electron chi connectivity index (χ1n) is 14.4. The average Bonchev–Trinajstić information content (AvgIpc) is 3.61. The topological polar surface area (TPSA) is 162 Å². The van der Waals surface area contributed by atoms with Gasteiger partial charge in [-0.05, 0) is 48.5 Å². The highest BCUT2D eigenvalue weighted by atomic mass is 16.6. The molecule has 15 heteroatoms. The molecule has 3 atom stereocenters. The normalized spacial score (nSPS) is 24.1. The number of carbonyl (C=O) groups is 4. The Morgan fingerprint density at radius 2 is 1.23 bits per heavy atom. The molecule has 44 heavy (non-hydrogen) atoms. The molecule has 6 rings (SSSR count). The van der Waals surface area contributed by atoms with Crippen LogP contribution in [0.1, 0.15) is 0 Å². The molecule has 5 amide bonds. The number of hydrogen-bond acceptors (Lipinski definition) is 10. The summed E-state index contributed by atoms with van der Waals surface area (Å²) in [5.74, 6) is -0.216. The van der Waals surface area contributed by atoms with E-state index in [1.807, 2.05) is 12.1 Å². The third kappa shape index (κ3) is 6.55. The minimum atomic E-state index is -1.19. The molecule has 4 aliphatic heterocycles. The first-order chi connectivity index (χ1) is 21.4. The molecule has 0 spiro atoms. The van der Waals surface area contributed by atoms with Crippen molar-refractivity contribution >= 4 is 46.7 Å². The summed E-state index contributed by atoms with van der Waals surface area (Å²) in [7, 11) is 0. The van der Waals surface area contributed by atoms with Crippen LogP contribution in [0.2, 0.25) is 0 Å². The molecule has 3 N–H and O–H groups in total. The molecule has 234 valence electrons. The molecule has 0 aromatic heterocycles. The van der Waals surface area contributed by atoms with Crippen LogP contribution in [0.15, 0.2) is 48.5 Å². The van der Waals surface area contributed by atoms with E-state index < -0.39 is 30.7 Å². The maximum atomic E-state index is 12.5. The molecule has 4 aliphatic rings. The number of amides is 5. The summed E-state index contributed by atoms with van der Waals surface area (Å²) in [6, 6.07) is 13.8. The van der Waals surface area contributed by atoms with Gasteiger partial charge in [-0.1, -0.05) is 0 Å². The zero-order valence-electron chi connectivity index (χ0n) is 23.9. The third-order valence-corrected chi connectivity index (χ3v) is 7.77. The second kappa shape index (κ2) is 13.1. The zero-order valence-corrected chi connectivity index (χ0v) is 23.9. The molecule has 2 aromatic carbocycles. The standard InChI is InChI=1S/C29H34N6O9/c36-25-17-41-11-9-32(25)19-1-5-21(6-2-19)34-15-23(43-28(34)39)13-30-27(38)31-14-24-16-35(29(40)44-24)22-7-3-20(4-8-22)33-10-12-42-18-26(33)37/h1-8,23-24,28,39H,9-18H2,(H2,30,31,38). The fraction of sp³-hybridized carbons (Fsp3) is 0.448. The number of anilines is 4. The number of hydrogen-bond donors (Lipinski definition) is 3. The quantitative estimate of drug-likeness (QED) is 0.377. The van der Waals surface area contributed by atoms with Crippen molar-refractivity contribution in [3.05, 3.63) is 48.5 Å². The van der Waals surface area contributed by atoms with Gasteiger partial charge in [0.05, 0.1) is 39.0 Å². The number of benzene rings is 2. The van der Waals surface area contributed by atoms with E-state index in [1.54, 1.807) is 51.1 Å². The van der Waals surface area contributed by atoms with Gasteiger partial charge >= 0.3 is 12.1 Å². The highest BCUT2D eigenvalue weighted by Gasteiger charge is 2.34. The number of ether oxygens (including phenoxy) is 4. The summed E-state index contributed by atoms with van der Waals surface area (Å²) in [4.78, 5) is 55.5. The summed E-state index contributed by atoms with van der Waals surface area (Å²) in [6.07, 6.45) is -2.73. The lowest BCUT2D eigenvalue weighted by atomic mass is 10.2. The van der Waals surface area contributed by atoms with E-state index in [2.05, 4.69) is 10.6 Å². The van der Waals surface area contributed by atoms with Gasteiger partial charge < -0.3 is 49.4 Å². The van der Waals surface area contributed by atoms with Crippen LogP contribution in [0.4, 0.5) is 32.3 Å². The van der Waals surface area contributed by atoms with Crippen molar-refractivity contribution in [1.29, 1.82) is 0 Å². The average molecular weight is 611 g/mol. The van der Waals surface area contributed by atoms with Crippen LogP contribution in [0, 0.1) is 0 Å². The lowest BCUT2D eigenvalue weighted by Gasteiger charge is -2.27. The first-order valence-corrected chi connectivity index (χ1v) is 14.4. The Bertz CT molecular complexity index is 1370. The van der Waals surface area contributed by atoms with Crippen molar-refractivity contribution in [1.82, 2.24) is 10.6 Å². The van der Waals surface area contributed by atoms with Crippen molar-refractivity contribution < 1.29 is 43.2 Å². The predicted molar refractivity (Wildman–Crippen MR) is 156 cm³/mol. The highest BCUT2D eigenvalue weighted by molar-refractivity contribution is 5.96. The maximum absolute atomic E-state index is 12.5. The van der Waals surface area contributed by atoms with Gasteiger partial charge in [-0.3, -0.25) is 14.5 Å². The highest BCUT2D eigenvalue weighted by Crippen LogP contribution is 2.28. The van der Waals surface area contributed by atoms with E-state index >= 15 is 0 Å². The van der Waals surface area contributed by atoms with Gasteiger partial charge in [-0.15, -0.1) is 0 Å². The summed E-state index contributed by atoms with van der Waals surface area (Å²) in [5.41, 5.74) is 2.82. The zero-order chi connectivity index (χ0) is 30.6. The number of aliphatic hydroxyl groups excluding tert-OH is 1. The number of nitrogens with one attached hydrogen (secondary N) is 2. The van der Waals surface area contributed by atoms with Crippen molar-refractivity contribution in [2.45, 2.75) is 18.6 Å². The maximum Gasteiger partial charge on any atom is 0.414 e. The van der Waals surface area contributed by atoms with E-state index in [9.17, 15) is 24.3 Å². The number of aliphatic hydroxyl groups is 1. The SMILES string of the molecule is O=C(NCC1CN(c2ccc(N3CCOCC3=O)cc2)C(=O)O1)NCC1CN(c2ccc(N3CCOCC3=O)cc2)C(O)O1. The number of cyclic esters (lactones) is 1. The van der Waals surface area contributed by atoms with Crippen LogP contribution in [0.3, 0.4) is 0 Å². The molecule has 0 bridgehead atoms. The van der Waals surface area contributed by atoms with Crippen LogP contribution in [0.5, 0.6) is 0 Å². The Balaban J connectivity index is 0.934. The van der Waals surface area contributed by atoms with Crippen LogP contribution in [-0.4, -0.2) is 113 Å². The Labute approximate surface area is 253 Å². The minimum Gasteiger partial charge on any atom is -0.442 e. The third-order valence-electron chi connectivity index (χ3n) is 7.77. The van der Waals surface area contributed by atoms with Gasteiger partial charge in [0.2, 0.25) is 6.41 Å². The minimum absolute atomic E-state index is 0.0474. The molecular weight excluding hydrogens is 576 g/mol. The monoisotopic (exact) mass is 610 g/mol. The first kappa shape index (κ1) is 29.6. The van der Waals surface area contributed by atoms with Gasteiger partial charge in [0.1, 0.15) is 19.3 Å². The Kier molecular flexibility index (Phi) is 8.79. The summed E-state index contributed by atoms with van der Waals surface area (Å²) >= 11 is 0. The van der Waals surface area contributed by atoms with Crippen LogP contribution >= 0.6 is 0 Å². The smallest absolute Gasteiger partial charge is 0.414 e. The fourth-order valence-corrected chi connectivity index (χ4v) is 5.48. The van der Waals surface area contributed by atoms with Crippen LogP contribution in [0.25, 0.3) is 0 Å². The molecular formula is C29H34N6O9. The van der Waals surface area contributed by atoms with E-state index in [0.717, 1.165) is 11.4 Å². The Hall–Kier alpha value is -4.44. The summed E-state index contributed by atoms with van der Waals surface area (Å²) in [6.45, 7) is 2.85. The lowest BCUT2D eigenvalue weighted by Crippen LogP contribution is -2.44. The molecule has 4 fully saturated rings. The Morgan fingerprint density at radius 3 is 1.77 bits per heavy atom. The lowest BCUT2D eigenvalue weighted by molar-refractivity contribution is -0.126. The number of carbonyl (C=O) groups excluding carboxylic acids is 4. The van der Waals surface area contributed by atoms with E-state index in [-0.39, 0.29) is 44.7 Å². The summed E-state index contributed by atoms with van der Waals surface area (Å²) < 4.78 is 21.4. The number of urea groups is 1. The number of rotatable bonds is 8. The van der Waals surface area contributed by atoms with Crippen molar-refractivity contribution in [3.8, 4) is 0 Å². The molecule has 4 heterocycles. The second-order valence-electron chi connectivity index (χ2n) is 10.7. The number of morpholine rings is 2. The van der Waals surface area contributed by atoms with Gasteiger partial charge in [-0.2, -0.15) is 0 Å². The van der Waals surface area contributed by atoms with Crippen LogP contribution in [-0.2, 0) is 28.5 Å². The van der Waals surface area contributed by atoms with Gasteiger partial charge in [-0.25, -0.2) is 9.59 Å². The predicted octanol–water partition coefficient (Wildman–Crippen LogP) is 0.219. The largest absolute Gasteiger partial charge is 0.442 e. The molecule has 3 unspecified atom stereocenters. The van der Waals surface area contributed by atoms with Gasteiger partial charge in [0.25, 0.3) is 11.8 Å². The molecule has 0 saturated carbocycles. The molecule has 0 aliphatic carbocycles. The fourth-order valence-electron chi connectivity index (χ4n) is 5.48. The molecule has 2 aromatic rings. The van der Waals surface area contributed by atoms with Gasteiger partial charge in [0.15, 0.2) is 0 Å². The summed E-state index contributed by atoms with van der Waals surface area (Å²) in [5, 5.41) is 15.9. The van der Waals surface area contributed by atoms with Gasteiger partial charge in [0, 0.05) is 42.4 Å². The van der Waals surface area contributed by atoms with Crippen molar-refractivity contribution in [2.75, 3.05) is 85.3 Å². The Morgan fingerprint density at radius 1 is 0.727 bits per heavy atom. The van der Waals surface area contributed by atoms with E-state index in [4.69, 9.17) is 18.9 Å². The van der Waals surface area contributed by atoms with Crippen LogP contribution < -0.4 is 30.2 Å². The van der Waals surface area contributed by atoms with E-state index in [0.29, 0.717) is 44.2 Å². The van der Waals surface area contributed by atoms with Crippen molar-refractivity contribution in [2.24, 2.45) is 0 Å². The molecule has 4 saturated heterocycles.